The molecule has 0 aliphatic heterocycles. The smallest absolute Gasteiger partial charge is 0.326 e. The summed E-state index contributed by atoms with van der Waals surface area (Å²) < 4.78 is 0. The molecule has 6 heteroatoms. The standard InChI is InChI=1S/C32H38N2O4/c1-3-4-5-6-7-11-17-30(35)34(2)28-16-12-15-27(23-28)25-20-18-24(19-21-25)22-29(32(37)38)33-31(36)26-13-9-8-10-14-26/h8-10,12-16,18-21,23,29H,3-7,11,17,22H2,1-2H3,(H,33,36)(H,37,38)/t29-/m0/s1. The maximum atomic E-state index is 12.7. The van der Waals surface area contributed by atoms with E-state index in [4.69, 9.17) is 0 Å². The molecule has 2 N–H and O–H groups in total. The number of hydrogen-bond donors (Lipinski definition) is 2. The van der Waals surface area contributed by atoms with Crippen molar-refractivity contribution in [1.29, 1.82) is 0 Å². The quantitative estimate of drug-likeness (QED) is 0.241. The number of carbonyl (C=O) groups is 3. The Morgan fingerprint density at radius 1 is 0.816 bits per heavy atom. The fourth-order valence-corrected chi connectivity index (χ4v) is 4.36. The molecule has 0 unspecified atom stereocenters. The van der Waals surface area contributed by atoms with Crippen LogP contribution in [-0.4, -0.2) is 36.0 Å². The zero-order valence-corrected chi connectivity index (χ0v) is 22.4. The van der Waals surface area contributed by atoms with Gasteiger partial charge >= 0.3 is 5.97 Å². The molecule has 38 heavy (non-hydrogen) atoms. The number of nitrogens with zero attached hydrogens (tertiary/aromatic N) is 1. The Hall–Kier alpha value is -3.93. The van der Waals surface area contributed by atoms with Gasteiger partial charge in [-0.2, -0.15) is 0 Å². The number of anilines is 1. The normalized spacial score (nSPS) is 11.5. The Kier molecular flexibility index (Phi) is 11.1. The van der Waals surface area contributed by atoms with Crippen LogP contribution in [-0.2, 0) is 16.0 Å². The number of carboxylic acids is 1. The van der Waals surface area contributed by atoms with E-state index >= 15 is 0 Å². The highest BCUT2D eigenvalue weighted by molar-refractivity contribution is 5.96. The van der Waals surface area contributed by atoms with Crippen LogP contribution in [0.3, 0.4) is 0 Å². The van der Waals surface area contributed by atoms with Crippen molar-refractivity contribution >= 4 is 23.5 Å². The first kappa shape index (κ1) is 28.6. The van der Waals surface area contributed by atoms with E-state index in [-0.39, 0.29) is 12.3 Å². The van der Waals surface area contributed by atoms with Gasteiger partial charge in [0.05, 0.1) is 0 Å². The molecule has 0 saturated carbocycles. The monoisotopic (exact) mass is 514 g/mol. The Morgan fingerprint density at radius 2 is 1.50 bits per heavy atom. The third-order valence-corrected chi connectivity index (χ3v) is 6.72. The minimum absolute atomic E-state index is 0.116. The van der Waals surface area contributed by atoms with Gasteiger partial charge in [-0.25, -0.2) is 4.79 Å². The van der Waals surface area contributed by atoms with Gasteiger partial charge in [-0.05, 0) is 47.4 Å². The highest BCUT2D eigenvalue weighted by atomic mass is 16.4. The van der Waals surface area contributed by atoms with Gasteiger partial charge in [-0.15, -0.1) is 0 Å². The molecule has 0 bridgehead atoms. The summed E-state index contributed by atoms with van der Waals surface area (Å²) in [7, 11) is 1.82. The van der Waals surface area contributed by atoms with E-state index in [1.165, 1.54) is 25.7 Å². The molecule has 3 aromatic carbocycles. The van der Waals surface area contributed by atoms with Crippen molar-refractivity contribution in [3.8, 4) is 11.1 Å². The molecule has 1 atom stereocenters. The maximum Gasteiger partial charge on any atom is 0.326 e. The highest BCUT2D eigenvalue weighted by Crippen LogP contribution is 2.25. The predicted octanol–water partition coefficient (Wildman–Crippen LogP) is 6.49. The summed E-state index contributed by atoms with van der Waals surface area (Å²) in [6.07, 6.45) is 7.62. The van der Waals surface area contributed by atoms with Crippen LogP contribution >= 0.6 is 0 Å². The molecule has 0 aliphatic rings. The van der Waals surface area contributed by atoms with Gasteiger partial charge in [-0.1, -0.05) is 93.6 Å². The molecule has 2 amide bonds. The van der Waals surface area contributed by atoms with Crippen molar-refractivity contribution in [3.63, 3.8) is 0 Å². The number of hydrogen-bond acceptors (Lipinski definition) is 3. The van der Waals surface area contributed by atoms with E-state index in [9.17, 15) is 19.5 Å². The zero-order valence-electron chi connectivity index (χ0n) is 22.4. The number of aliphatic carboxylic acids is 1. The zero-order chi connectivity index (χ0) is 27.3. The average Bonchev–Trinajstić information content (AvgIpc) is 2.94. The van der Waals surface area contributed by atoms with E-state index in [0.29, 0.717) is 12.0 Å². The molecule has 0 heterocycles. The van der Waals surface area contributed by atoms with Crippen LogP contribution in [0.25, 0.3) is 11.1 Å². The highest BCUT2D eigenvalue weighted by Gasteiger charge is 2.21. The van der Waals surface area contributed by atoms with Crippen LogP contribution in [0.15, 0.2) is 78.9 Å². The fourth-order valence-electron chi connectivity index (χ4n) is 4.36. The van der Waals surface area contributed by atoms with Crippen molar-refractivity contribution < 1.29 is 19.5 Å². The van der Waals surface area contributed by atoms with Gasteiger partial charge in [0.25, 0.3) is 5.91 Å². The average molecular weight is 515 g/mol. The van der Waals surface area contributed by atoms with E-state index < -0.39 is 17.9 Å². The molecule has 0 fully saturated rings. The lowest BCUT2D eigenvalue weighted by Gasteiger charge is -2.18. The first-order valence-electron chi connectivity index (χ1n) is 13.4. The van der Waals surface area contributed by atoms with Gasteiger partial charge in [0.2, 0.25) is 5.91 Å². The lowest BCUT2D eigenvalue weighted by molar-refractivity contribution is -0.139. The SMILES string of the molecule is CCCCCCCCC(=O)N(C)c1cccc(-c2ccc(C[C@H](NC(=O)c3ccccc3)C(=O)O)cc2)c1. The van der Waals surface area contributed by atoms with E-state index in [1.54, 1.807) is 35.2 Å². The molecule has 0 aromatic heterocycles. The maximum absolute atomic E-state index is 12.7. The molecule has 6 nitrogen and oxygen atoms in total. The molecular weight excluding hydrogens is 476 g/mol. The molecule has 200 valence electrons. The largest absolute Gasteiger partial charge is 0.480 e. The Balaban J connectivity index is 1.60. The van der Waals surface area contributed by atoms with Crippen molar-refractivity contribution in [3.05, 3.63) is 90.0 Å². The van der Waals surface area contributed by atoms with Gasteiger partial charge in [0, 0.05) is 31.1 Å². The van der Waals surface area contributed by atoms with Crippen LogP contribution in [0.2, 0.25) is 0 Å². The van der Waals surface area contributed by atoms with Gasteiger partial charge < -0.3 is 15.3 Å². The second kappa shape index (κ2) is 14.7. The van der Waals surface area contributed by atoms with Crippen LogP contribution in [0, 0.1) is 0 Å². The second-order valence-electron chi connectivity index (χ2n) is 9.65. The second-order valence-corrected chi connectivity index (χ2v) is 9.65. The Morgan fingerprint density at radius 3 is 2.18 bits per heavy atom. The summed E-state index contributed by atoms with van der Waals surface area (Å²) in [5, 5.41) is 12.3. The molecule has 0 saturated heterocycles. The summed E-state index contributed by atoms with van der Waals surface area (Å²) in [6.45, 7) is 2.20. The number of rotatable bonds is 14. The lowest BCUT2D eigenvalue weighted by Crippen LogP contribution is -2.42. The fraction of sp³-hybridized carbons (Fsp3) is 0.344. The van der Waals surface area contributed by atoms with E-state index in [2.05, 4.69) is 12.2 Å². The Bertz CT molecular complexity index is 1190. The minimum Gasteiger partial charge on any atom is -0.480 e. The molecule has 0 aliphatic carbocycles. The lowest BCUT2D eigenvalue weighted by atomic mass is 10.00. The summed E-state index contributed by atoms with van der Waals surface area (Å²) in [6, 6.07) is 23.0. The summed E-state index contributed by atoms with van der Waals surface area (Å²) >= 11 is 0. The van der Waals surface area contributed by atoms with E-state index in [0.717, 1.165) is 35.2 Å². The molecular formula is C32H38N2O4. The van der Waals surface area contributed by atoms with Crippen LogP contribution in [0.4, 0.5) is 5.69 Å². The number of nitrogens with one attached hydrogen (secondary N) is 1. The number of benzene rings is 3. The first-order valence-corrected chi connectivity index (χ1v) is 13.4. The third-order valence-electron chi connectivity index (χ3n) is 6.72. The Labute approximate surface area is 225 Å². The van der Waals surface area contributed by atoms with Crippen LogP contribution in [0.1, 0.15) is 67.8 Å². The molecule has 3 rings (SSSR count). The first-order chi connectivity index (χ1) is 18.4. The number of carboxylic acid groups (broad SMARTS) is 1. The predicted molar refractivity (Wildman–Crippen MR) is 152 cm³/mol. The number of unbranched alkanes of at least 4 members (excludes halogenated alkanes) is 5. The number of carbonyl (C=O) groups excluding carboxylic acids is 2. The molecule has 3 aromatic rings. The van der Waals surface area contributed by atoms with Crippen LogP contribution in [0.5, 0.6) is 0 Å². The molecule has 0 radical (unpaired) electrons. The van der Waals surface area contributed by atoms with Gasteiger partial charge in [-0.3, -0.25) is 9.59 Å². The van der Waals surface area contributed by atoms with Crippen molar-refractivity contribution in [2.45, 2.75) is 64.3 Å². The van der Waals surface area contributed by atoms with E-state index in [1.807, 2.05) is 55.6 Å². The summed E-state index contributed by atoms with van der Waals surface area (Å²) in [5.74, 6) is -1.38. The third kappa shape index (κ3) is 8.58. The summed E-state index contributed by atoms with van der Waals surface area (Å²) in [4.78, 5) is 38.6. The topological polar surface area (TPSA) is 86.7 Å². The van der Waals surface area contributed by atoms with Gasteiger partial charge in [0.1, 0.15) is 6.04 Å². The summed E-state index contributed by atoms with van der Waals surface area (Å²) in [5.41, 5.74) is 4.01. The minimum atomic E-state index is -1.08. The van der Waals surface area contributed by atoms with Crippen molar-refractivity contribution in [2.24, 2.45) is 0 Å². The molecule has 0 spiro atoms. The number of amides is 2. The van der Waals surface area contributed by atoms with Crippen molar-refractivity contribution in [1.82, 2.24) is 5.32 Å². The van der Waals surface area contributed by atoms with Crippen LogP contribution < -0.4 is 10.2 Å². The van der Waals surface area contributed by atoms with Crippen molar-refractivity contribution in [2.75, 3.05) is 11.9 Å². The van der Waals surface area contributed by atoms with Gasteiger partial charge in [0.15, 0.2) is 0 Å².